The van der Waals surface area contributed by atoms with Crippen LogP contribution in [0.2, 0.25) is 0 Å². The van der Waals surface area contributed by atoms with Crippen molar-refractivity contribution in [2.75, 3.05) is 6.54 Å². The first kappa shape index (κ1) is 18.0. The second-order valence-electron chi connectivity index (χ2n) is 6.20. The Labute approximate surface area is 146 Å². The highest BCUT2D eigenvalue weighted by molar-refractivity contribution is 5.86. The summed E-state index contributed by atoms with van der Waals surface area (Å²) in [5.41, 5.74) is 5.23. The van der Waals surface area contributed by atoms with Crippen LogP contribution in [-0.4, -0.2) is 39.0 Å². The molecule has 0 bridgehead atoms. The number of halogens is 3. The van der Waals surface area contributed by atoms with Crippen LogP contribution in [0, 0.1) is 0 Å². The van der Waals surface area contributed by atoms with Gasteiger partial charge in [0.2, 0.25) is 5.91 Å². The van der Waals surface area contributed by atoms with Gasteiger partial charge in [-0.2, -0.15) is 13.2 Å². The number of nitrogens with one attached hydrogen (secondary N) is 1. The van der Waals surface area contributed by atoms with Gasteiger partial charge in [0.1, 0.15) is 11.9 Å². The predicted octanol–water partition coefficient (Wildman–Crippen LogP) is 1.75. The summed E-state index contributed by atoms with van der Waals surface area (Å²) in [6.45, 7) is 0.449. The highest BCUT2D eigenvalue weighted by Crippen LogP contribution is 2.31. The zero-order valence-electron chi connectivity index (χ0n) is 14.0. The van der Waals surface area contributed by atoms with Crippen LogP contribution < -0.4 is 11.1 Å². The smallest absolute Gasteiger partial charge is 0.368 e. The van der Waals surface area contributed by atoms with E-state index in [0.717, 1.165) is 12.1 Å². The van der Waals surface area contributed by atoms with Gasteiger partial charge in [-0.05, 0) is 31.0 Å². The van der Waals surface area contributed by atoms with Gasteiger partial charge in [-0.25, -0.2) is 9.78 Å². The number of nitrogens with two attached hydrogens (primary N) is 1. The van der Waals surface area contributed by atoms with E-state index < -0.39 is 29.7 Å². The fraction of sp³-hybridized carbons (Fsp3) is 0.438. The minimum Gasteiger partial charge on any atom is -0.368 e. The standard InChI is InChI=1S/C16H18F3N5O2/c1-23-11-5-4-9(16(17,18)19)7-10(11)22-13(23)8-21-15(26)24-6-2-3-12(24)14(20)25/h4-5,7,12H,2-3,6,8H2,1H3,(H2,20,25)(H,21,26)/t12-/m0/s1. The van der Waals surface area contributed by atoms with Crippen molar-refractivity contribution >= 4 is 23.0 Å². The number of hydrogen-bond acceptors (Lipinski definition) is 3. The quantitative estimate of drug-likeness (QED) is 0.863. The maximum absolute atomic E-state index is 12.8. The molecule has 0 radical (unpaired) electrons. The van der Waals surface area contributed by atoms with Crippen molar-refractivity contribution in [2.45, 2.75) is 31.6 Å². The number of carbonyl (C=O) groups is 2. The topological polar surface area (TPSA) is 93.3 Å². The van der Waals surface area contributed by atoms with Crippen molar-refractivity contribution in [3.63, 3.8) is 0 Å². The number of aryl methyl sites for hydroxylation is 1. The number of benzene rings is 1. The maximum Gasteiger partial charge on any atom is 0.416 e. The van der Waals surface area contributed by atoms with Crippen LogP contribution in [0.25, 0.3) is 11.0 Å². The summed E-state index contributed by atoms with van der Waals surface area (Å²) in [4.78, 5) is 29.2. The maximum atomic E-state index is 12.8. The van der Waals surface area contributed by atoms with E-state index in [1.54, 1.807) is 11.6 Å². The predicted molar refractivity (Wildman–Crippen MR) is 86.9 cm³/mol. The summed E-state index contributed by atoms with van der Waals surface area (Å²) >= 11 is 0. The lowest BCUT2D eigenvalue weighted by atomic mass is 10.2. The van der Waals surface area contributed by atoms with E-state index in [4.69, 9.17) is 5.73 Å². The first-order valence-electron chi connectivity index (χ1n) is 8.05. The van der Waals surface area contributed by atoms with Crippen LogP contribution in [0.15, 0.2) is 18.2 Å². The van der Waals surface area contributed by atoms with E-state index in [-0.39, 0.29) is 12.1 Å². The molecule has 1 saturated heterocycles. The number of primary amides is 1. The number of nitrogens with zero attached hydrogens (tertiary/aromatic N) is 3. The molecule has 1 atom stereocenters. The SMILES string of the molecule is Cn1c(CNC(=O)N2CCC[C@H]2C(N)=O)nc2cc(C(F)(F)F)ccc21. The molecule has 0 aliphatic carbocycles. The van der Waals surface area contributed by atoms with E-state index in [1.165, 1.54) is 11.0 Å². The van der Waals surface area contributed by atoms with Crippen molar-refractivity contribution in [3.8, 4) is 0 Å². The second-order valence-corrected chi connectivity index (χ2v) is 6.20. The van der Waals surface area contributed by atoms with Crippen molar-refractivity contribution < 1.29 is 22.8 Å². The van der Waals surface area contributed by atoms with E-state index in [9.17, 15) is 22.8 Å². The normalized spacial score (nSPS) is 17.7. The average molecular weight is 369 g/mol. The summed E-state index contributed by atoms with van der Waals surface area (Å²) in [7, 11) is 1.66. The van der Waals surface area contributed by atoms with Crippen molar-refractivity contribution in [1.82, 2.24) is 19.8 Å². The lowest BCUT2D eigenvalue weighted by Crippen LogP contribution is -2.48. The molecule has 0 unspecified atom stereocenters. The van der Waals surface area contributed by atoms with Gasteiger partial charge in [0.15, 0.2) is 0 Å². The fourth-order valence-electron chi connectivity index (χ4n) is 3.15. The van der Waals surface area contributed by atoms with Crippen molar-refractivity contribution in [3.05, 3.63) is 29.6 Å². The highest BCUT2D eigenvalue weighted by Gasteiger charge is 2.33. The number of urea groups is 1. The number of amides is 3. The molecule has 3 N–H and O–H groups in total. The summed E-state index contributed by atoms with van der Waals surface area (Å²) < 4.78 is 40.1. The second kappa shape index (κ2) is 6.50. The molecular formula is C16H18F3N5O2. The van der Waals surface area contributed by atoms with Gasteiger partial charge in [-0.15, -0.1) is 0 Å². The molecule has 7 nitrogen and oxygen atoms in total. The number of rotatable bonds is 3. The molecule has 1 aromatic heterocycles. The Balaban J connectivity index is 1.76. The van der Waals surface area contributed by atoms with Crippen LogP contribution in [0.4, 0.5) is 18.0 Å². The lowest BCUT2D eigenvalue weighted by Gasteiger charge is -2.22. The molecule has 0 spiro atoms. The Hall–Kier alpha value is -2.78. The van der Waals surface area contributed by atoms with E-state index in [1.807, 2.05) is 0 Å². The number of alkyl halides is 3. The molecule has 1 aromatic carbocycles. The molecule has 0 saturated carbocycles. The number of hydrogen-bond donors (Lipinski definition) is 2. The third-order valence-electron chi connectivity index (χ3n) is 4.54. The Morgan fingerprint density at radius 1 is 1.38 bits per heavy atom. The summed E-state index contributed by atoms with van der Waals surface area (Å²) in [6.07, 6.45) is -3.23. The molecule has 26 heavy (non-hydrogen) atoms. The van der Waals surface area contributed by atoms with Gasteiger partial charge in [-0.3, -0.25) is 4.79 Å². The first-order chi connectivity index (χ1) is 12.2. The van der Waals surface area contributed by atoms with Crippen LogP contribution in [0.1, 0.15) is 24.2 Å². The van der Waals surface area contributed by atoms with E-state index in [2.05, 4.69) is 10.3 Å². The zero-order valence-corrected chi connectivity index (χ0v) is 14.0. The monoisotopic (exact) mass is 369 g/mol. The van der Waals surface area contributed by atoms with Gasteiger partial charge in [-0.1, -0.05) is 0 Å². The van der Waals surface area contributed by atoms with Crippen LogP contribution in [0.5, 0.6) is 0 Å². The average Bonchev–Trinajstić information content (AvgIpc) is 3.17. The molecule has 140 valence electrons. The summed E-state index contributed by atoms with van der Waals surface area (Å²) in [5, 5.41) is 2.65. The third kappa shape index (κ3) is 3.31. The van der Waals surface area contributed by atoms with Gasteiger partial charge in [0.25, 0.3) is 0 Å². The van der Waals surface area contributed by atoms with Crippen molar-refractivity contribution in [1.29, 1.82) is 0 Å². The molecule has 3 rings (SSSR count). The summed E-state index contributed by atoms with van der Waals surface area (Å²) in [6, 6.07) is 2.23. The molecule has 2 heterocycles. The molecule has 1 aliphatic heterocycles. The van der Waals surface area contributed by atoms with Crippen LogP contribution >= 0.6 is 0 Å². The lowest BCUT2D eigenvalue weighted by molar-refractivity contribution is -0.137. The third-order valence-corrected chi connectivity index (χ3v) is 4.54. The highest BCUT2D eigenvalue weighted by atomic mass is 19.4. The number of imidazole rings is 1. The van der Waals surface area contributed by atoms with Gasteiger partial charge in [0.05, 0.1) is 23.1 Å². The molecule has 3 amide bonds. The molecule has 1 fully saturated rings. The van der Waals surface area contributed by atoms with Gasteiger partial charge >= 0.3 is 12.2 Å². The minimum atomic E-state index is -4.44. The molecular weight excluding hydrogens is 351 g/mol. The largest absolute Gasteiger partial charge is 0.416 e. The van der Waals surface area contributed by atoms with E-state index in [0.29, 0.717) is 30.7 Å². The zero-order chi connectivity index (χ0) is 19.1. The summed E-state index contributed by atoms with van der Waals surface area (Å²) in [5.74, 6) is -0.150. The van der Waals surface area contributed by atoms with Crippen LogP contribution in [0.3, 0.4) is 0 Å². The number of aromatic nitrogens is 2. The van der Waals surface area contributed by atoms with Gasteiger partial charge < -0.3 is 20.5 Å². The molecule has 1 aliphatic rings. The minimum absolute atomic E-state index is 0.0212. The number of fused-ring (bicyclic) bond motifs is 1. The Bertz CT molecular complexity index is 861. The number of likely N-dealkylation sites (tertiary alicyclic amines) is 1. The van der Waals surface area contributed by atoms with E-state index >= 15 is 0 Å². The fourth-order valence-corrected chi connectivity index (χ4v) is 3.15. The Morgan fingerprint density at radius 2 is 2.12 bits per heavy atom. The first-order valence-corrected chi connectivity index (χ1v) is 8.05. The Morgan fingerprint density at radius 3 is 2.77 bits per heavy atom. The number of carbonyl (C=O) groups excluding carboxylic acids is 2. The molecule has 10 heteroatoms. The van der Waals surface area contributed by atoms with Gasteiger partial charge in [0, 0.05) is 13.6 Å². The van der Waals surface area contributed by atoms with Crippen LogP contribution in [-0.2, 0) is 24.6 Å². The Kier molecular flexibility index (Phi) is 4.51. The van der Waals surface area contributed by atoms with Crippen molar-refractivity contribution in [2.24, 2.45) is 12.8 Å². The molecule has 2 aromatic rings.